The molecule has 1 atom stereocenters. The fourth-order valence-corrected chi connectivity index (χ4v) is 7.95. The van der Waals surface area contributed by atoms with Gasteiger partial charge in [-0.2, -0.15) is 0 Å². The molecule has 5 nitrogen and oxygen atoms in total. The zero-order valence-electron chi connectivity index (χ0n) is 29.1. The van der Waals surface area contributed by atoms with Crippen LogP contribution in [0.3, 0.4) is 0 Å². The van der Waals surface area contributed by atoms with Gasteiger partial charge in [0.25, 0.3) is 0 Å². The summed E-state index contributed by atoms with van der Waals surface area (Å²) in [6.07, 6.45) is 13.8. The van der Waals surface area contributed by atoms with E-state index in [1.165, 1.54) is 16.7 Å². The van der Waals surface area contributed by atoms with Crippen molar-refractivity contribution in [3.63, 3.8) is 0 Å². The largest absolute Gasteiger partial charge is 0.456 e. The van der Waals surface area contributed by atoms with Gasteiger partial charge in [0.15, 0.2) is 17.5 Å². The van der Waals surface area contributed by atoms with Gasteiger partial charge in [0.2, 0.25) is 0 Å². The summed E-state index contributed by atoms with van der Waals surface area (Å²) in [5, 5.41) is 4.29. The molecule has 2 aliphatic rings. The molecule has 0 aliphatic heterocycles. The Bertz CT molecular complexity index is 3070. The minimum atomic E-state index is 0.293. The van der Waals surface area contributed by atoms with Crippen molar-refractivity contribution >= 4 is 49.5 Å². The number of hydrogen-bond donors (Lipinski definition) is 0. The number of furan rings is 2. The topological polar surface area (TPSA) is 65.0 Å². The van der Waals surface area contributed by atoms with Crippen LogP contribution in [0.15, 0.2) is 184 Å². The third-order valence-corrected chi connectivity index (χ3v) is 10.7. The Morgan fingerprint density at radius 3 is 1.93 bits per heavy atom. The first-order valence-electron chi connectivity index (χ1n) is 18.3. The normalized spacial score (nSPS) is 15.2. The minimum absolute atomic E-state index is 0.293. The Morgan fingerprint density at radius 2 is 1.09 bits per heavy atom. The van der Waals surface area contributed by atoms with Gasteiger partial charge >= 0.3 is 0 Å². The Labute approximate surface area is 311 Å². The molecule has 0 bridgehead atoms. The summed E-state index contributed by atoms with van der Waals surface area (Å²) in [6.45, 7) is 0. The third-order valence-electron chi connectivity index (χ3n) is 10.7. The molecule has 6 aromatic carbocycles. The molecular formula is C49H31N3O2. The second kappa shape index (κ2) is 12.2. The van der Waals surface area contributed by atoms with E-state index in [0.29, 0.717) is 23.4 Å². The molecule has 1 unspecified atom stereocenters. The van der Waals surface area contributed by atoms with Crippen molar-refractivity contribution < 1.29 is 8.83 Å². The monoisotopic (exact) mass is 693 g/mol. The van der Waals surface area contributed by atoms with Crippen LogP contribution < -0.4 is 0 Å². The summed E-state index contributed by atoms with van der Waals surface area (Å²) in [4.78, 5) is 15.3. The quantitative estimate of drug-likeness (QED) is 0.179. The van der Waals surface area contributed by atoms with Crippen LogP contribution >= 0.6 is 0 Å². The van der Waals surface area contributed by atoms with Crippen LogP contribution in [0.2, 0.25) is 0 Å². The lowest BCUT2D eigenvalue weighted by Crippen LogP contribution is -2.10. The molecule has 0 fully saturated rings. The Hall–Kier alpha value is -7.11. The van der Waals surface area contributed by atoms with E-state index in [0.717, 1.165) is 78.1 Å². The van der Waals surface area contributed by atoms with Crippen LogP contribution in [0.4, 0.5) is 0 Å². The number of hydrogen-bond acceptors (Lipinski definition) is 5. The van der Waals surface area contributed by atoms with Gasteiger partial charge in [0.05, 0.1) is 0 Å². The van der Waals surface area contributed by atoms with Crippen molar-refractivity contribution in [2.75, 3.05) is 0 Å². The average Bonchev–Trinajstić information content (AvgIpc) is 3.81. The lowest BCUT2D eigenvalue weighted by atomic mass is 9.84. The molecule has 5 heteroatoms. The van der Waals surface area contributed by atoms with Crippen molar-refractivity contribution in [1.82, 2.24) is 15.0 Å². The molecule has 0 N–H and O–H groups in total. The van der Waals surface area contributed by atoms with E-state index in [1.54, 1.807) is 0 Å². The van der Waals surface area contributed by atoms with Gasteiger partial charge in [0.1, 0.15) is 22.3 Å². The molecule has 54 heavy (non-hydrogen) atoms. The number of para-hydroxylation sites is 1. The summed E-state index contributed by atoms with van der Waals surface area (Å²) in [6, 6.07) is 46.1. The first-order valence-corrected chi connectivity index (χ1v) is 18.3. The second-order valence-corrected chi connectivity index (χ2v) is 14.0. The average molecular weight is 694 g/mol. The maximum Gasteiger partial charge on any atom is 0.164 e. The summed E-state index contributed by atoms with van der Waals surface area (Å²) >= 11 is 0. The summed E-state index contributed by atoms with van der Waals surface area (Å²) in [5.74, 6) is 2.15. The zero-order chi connectivity index (χ0) is 35.6. The minimum Gasteiger partial charge on any atom is -0.456 e. The first kappa shape index (κ1) is 30.5. The van der Waals surface area contributed by atoms with Gasteiger partial charge in [0, 0.05) is 38.6 Å². The molecule has 9 aromatic rings. The molecule has 0 spiro atoms. The molecule has 0 saturated heterocycles. The van der Waals surface area contributed by atoms with E-state index in [9.17, 15) is 0 Å². The van der Waals surface area contributed by atoms with Gasteiger partial charge in [-0.15, -0.1) is 0 Å². The molecule has 0 amide bonds. The standard InChI is InChI=1S/C49H31N3O2/c1-2-9-30(10-3-1)32-17-20-33(21-18-32)38-14-8-16-43-46(38)41-26-24-37(29-45(41)54-43)49-51-47(35-22-19-31-11-4-5-12-34(31)27-35)50-48(52-49)36-23-25-40-39-13-6-7-15-42(39)53-44(40)28-36/h1-26,28-29,34H,27H2. The highest BCUT2D eigenvalue weighted by molar-refractivity contribution is 6.13. The van der Waals surface area contributed by atoms with Crippen LogP contribution in [-0.4, -0.2) is 15.0 Å². The van der Waals surface area contributed by atoms with Crippen molar-refractivity contribution in [3.05, 3.63) is 181 Å². The third kappa shape index (κ3) is 5.13. The van der Waals surface area contributed by atoms with Crippen LogP contribution in [0.25, 0.3) is 94.5 Å². The van der Waals surface area contributed by atoms with Crippen LogP contribution in [0, 0.1) is 5.92 Å². The maximum absolute atomic E-state index is 6.55. The van der Waals surface area contributed by atoms with Crippen molar-refractivity contribution in [2.24, 2.45) is 5.92 Å². The van der Waals surface area contributed by atoms with E-state index in [4.69, 9.17) is 23.8 Å². The summed E-state index contributed by atoms with van der Waals surface area (Å²) in [7, 11) is 0. The predicted octanol–water partition coefficient (Wildman–Crippen LogP) is 12.8. The zero-order valence-corrected chi connectivity index (χ0v) is 29.1. The second-order valence-electron chi connectivity index (χ2n) is 14.0. The van der Waals surface area contributed by atoms with E-state index in [1.807, 2.05) is 36.4 Å². The van der Waals surface area contributed by atoms with Crippen LogP contribution in [-0.2, 0) is 0 Å². The molecule has 11 rings (SSSR count). The molecule has 0 radical (unpaired) electrons. The molecular weight excluding hydrogens is 663 g/mol. The summed E-state index contributed by atoms with van der Waals surface area (Å²) < 4.78 is 12.8. The Morgan fingerprint density at radius 1 is 0.463 bits per heavy atom. The number of aromatic nitrogens is 3. The van der Waals surface area contributed by atoms with Crippen LogP contribution in [0.1, 0.15) is 12.2 Å². The number of rotatable bonds is 5. The highest BCUT2D eigenvalue weighted by atomic mass is 16.3. The van der Waals surface area contributed by atoms with Gasteiger partial charge in [-0.25, -0.2) is 15.0 Å². The van der Waals surface area contributed by atoms with E-state index in [-0.39, 0.29) is 0 Å². The lowest BCUT2D eigenvalue weighted by molar-refractivity contribution is 0.668. The van der Waals surface area contributed by atoms with E-state index >= 15 is 0 Å². The fourth-order valence-electron chi connectivity index (χ4n) is 7.95. The van der Waals surface area contributed by atoms with Gasteiger partial charge < -0.3 is 8.83 Å². The molecule has 2 aliphatic carbocycles. The fraction of sp³-hybridized carbons (Fsp3) is 0.0408. The maximum atomic E-state index is 6.55. The smallest absolute Gasteiger partial charge is 0.164 e. The van der Waals surface area contributed by atoms with Gasteiger partial charge in [-0.3, -0.25) is 0 Å². The highest BCUT2D eigenvalue weighted by Crippen LogP contribution is 2.40. The van der Waals surface area contributed by atoms with Gasteiger partial charge in [-0.05, 0) is 76.2 Å². The van der Waals surface area contributed by atoms with Gasteiger partial charge in [-0.1, -0.05) is 134 Å². The predicted molar refractivity (Wildman–Crippen MR) is 219 cm³/mol. The van der Waals surface area contributed by atoms with Crippen molar-refractivity contribution in [3.8, 4) is 45.0 Å². The highest BCUT2D eigenvalue weighted by Gasteiger charge is 2.22. The molecule has 3 aromatic heterocycles. The van der Waals surface area contributed by atoms with Crippen molar-refractivity contribution in [2.45, 2.75) is 6.42 Å². The molecule has 0 saturated carbocycles. The molecule has 254 valence electrons. The van der Waals surface area contributed by atoms with Crippen molar-refractivity contribution in [1.29, 1.82) is 0 Å². The molecule has 3 heterocycles. The lowest BCUT2D eigenvalue weighted by Gasteiger charge is -2.22. The first-order chi connectivity index (χ1) is 26.7. The van der Waals surface area contributed by atoms with E-state index < -0.39 is 0 Å². The number of nitrogens with zero attached hydrogens (tertiary/aromatic N) is 3. The number of allylic oxidation sites excluding steroid dienone is 8. The van der Waals surface area contributed by atoms with Crippen LogP contribution in [0.5, 0.6) is 0 Å². The number of benzene rings is 6. The number of fused-ring (bicyclic) bond motifs is 7. The van der Waals surface area contributed by atoms with E-state index in [2.05, 4.69) is 134 Å². The SMILES string of the molecule is C1=CC2=CC=C(c3nc(-c4ccc5c(c4)oc4ccccc45)nc(-c4ccc5c(c4)oc4cccc(-c6ccc(-c7ccccc7)cc6)c45)n3)CC2C=C1. The Balaban J connectivity index is 1.03. The summed E-state index contributed by atoms with van der Waals surface area (Å²) in [5.41, 5.74) is 12.0. The Kier molecular flexibility index (Phi) is 6.92.